The van der Waals surface area contributed by atoms with Crippen LogP contribution in [0.15, 0.2) is 66.7 Å². The fraction of sp³-hybridized carbons (Fsp3) is 0.286. The number of hydrogen-bond donors (Lipinski definition) is 0. The van der Waals surface area contributed by atoms with Gasteiger partial charge in [0.2, 0.25) is 5.91 Å². The summed E-state index contributed by atoms with van der Waals surface area (Å²) in [5.41, 5.74) is 4.91. The summed E-state index contributed by atoms with van der Waals surface area (Å²) in [5, 5.41) is 0. The summed E-state index contributed by atoms with van der Waals surface area (Å²) < 4.78 is 22.0. The summed E-state index contributed by atoms with van der Waals surface area (Å²) in [6, 6.07) is 20.0. The lowest BCUT2D eigenvalue weighted by Crippen LogP contribution is -2.44. The highest BCUT2D eigenvalue weighted by Crippen LogP contribution is 2.30. The Morgan fingerprint density at radius 2 is 1.82 bits per heavy atom. The molecule has 0 saturated heterocycles. The molecular weight excluding hydrogens is 429 g/mol. The van der Waals surface area contributed by atoms with E-state index in [1.807, 2.05) is 59.7 Å². The Kier molecular flexibility index (Phi) is 7.08. The minimum atomic E-state index is -0.372. The van der Waals surface area contributed by atoms with Crippen LogP contribution in [0, 0.1) is 12.7 Å². The minimum Gasteiger partial charge on any atom is -0.383 e. The molecule has 5 nitrogen and oxygen atoms in total. The maximum absolute atomic E-state index is 14.8. The number of amides is 1. The molecule has 3 aromatic carbocycles. The van der Waals surface area contributed by atoms with Gasteiger partial charge in [0.05, 0.1) is 34.9 Å². The summed E-state index contributed by atoms with van der Waals surface area (Å²) in [5.74, 6) is -0.0370. The Bertz CT molecular complexity index is 1310. The minimum absolute atomic E-state index is 0.0235. The lowest BCUT2D eigenvalue weighted by atomic mass is 10.0. The fourth-order valence-corrected chi connectivity index (χ4v) is 4.55. The number of aryl methyl sites for hydroxylation is 2. The van der Waals surface area contributed by atoms with Crippen LogP contribution in [0.3, 0.4) is 0 Å². The van der Waals surface area contributed by atoms with Gasteiger partial charge in [-0.15, -0.1) is 0 Å². The second-order valence-corrected chi connectivity index (χ2v) is 8.49. The topological polar surface area (TPSA) is 47.4 Å². The van der Waals surface area contributed by atoms with E-state index in [4.69, 9.17) is 4.74 Å². The van der Waals surface area contributed by atoms with E-state index in [2.05, 4.69) is 18.0 Å². The van der Waals surface area contributed by atoms with Crippen molar-refractivity contribution in [1.82, 2.24) is 9.55 Å². The molecule has 4 rings (SSSR count). The molecule has 0 aliphatic rings. The van der Waals surface area contributed by atoms with Gasteiger partial charge in [-0.2, -0.15) is 0 Å². The number of anilines is 1. The molecule has 0 saturated carbocycles. The third-order valence-electron chi connectivity index (χ3n) is 6.12. The molecule has 1 unspecified atom stereocenters. The third kappa shape index (κ3) is 4.46. The van der Waals surface area contributed by atoms with Crippen LogP contribution in [-0.4, -0.2) is 35.2 Å². The highest BCUT2D eigenvalue weighted by molar-refractivity contribution is 5.97. The van der Waals surface area contributed by atoms with Crippen molar-refractivity contribution in [2.75, 3.05) is 18.6 Å². The van der Waals surface area contributed by atoms with Gasteiger partial charge in [-0.25, -0.2) is 9.37 Å². The first-order valence-electron chi connectivity index (χ1n) is 11.6. The molecule has 0 aliphatic carbocycles. The zero-order valence-corrected chi connectivity index (χ0v) is 20.1. The van der Waals surface area contributed by atoms with Crippen LogP contribution in [0.2, 0.25) is 0 Å². The summed E-state index contributed by atoms with van der Waals surface area (Å²) in [4.78, 5) is 20.5. The monoisotopic (exact) mass is 459 g/mol. The first-order valence-corrected chi connectivity index (χ1v) is 11.6. The van der Waals surface area contributed by atoms with Gasteiger partial charge in [0.15, 0.2) is 0 Å². The lowest BCUT2D eigenvalue weighted by molar-refractivity contribution is -0.119. The molecule has 0 fully saturated rings. The Labute approximate surface area is 199 Å². The number of imidazole rings is 1. The van der Waals surface area contributed by atoms with Crippen LogP contribution in [0.4, 0.5) is 10.1 Å². The average molecular weight is 460 g/mol. The molecule has 0 radical (unpaired) electrons. The standard InChI is InChI=1S/C28H30FN3O2/c1-5-21-12-10-11-19(2)27(21)32(20(3)18-34-4)26(33)17-31-25-16-9-8-15-24(25)30-28(31)22-13-6-7-14-23(22)29/h6-16,20H,5,17-18H2,1-4H3. The number of para-hydroxylation sites is 3. The average Bonchev–Trinajstić information content (AvgIpc) is 3.19. The van der Waals surface area contributed by atoms with Crippen molar-refractivity contribution >= 4 is 22.6 Å². The molecule has 4 aromatic rings. The lowest BCUT2D eigenvalue weighted by Gasteiger charge is -2.32. The maximum Gasteiger partial charge on any atom is 0.247 e. The SMILES string of the molecule is CCc1cccc(C)c1N(C(=O)Cn1c(-c2ccccc2F)nc2ccccc21)C(C)COC. The van der Waals surface area contributed by atoms with E-state index in [9.17, 15) is 9.18 Å². The predicted octanol–water partition coefficient (Wildman–Crippen LogP) is 5.78. The van der Waals surface area contributed by atoms with Crippen molar-refractivity contribution in [3.05, 3.63) is 83.7 Å². The smallest absolute Gasteiger partial charge is 0.247 e. The Balaban J connectivity index is 1.84. The highest BCUT2D eigenvalue weighted by Gasteiger charge is 2.27. The summed E-state index contributed by atoms with van der Waals surface area (Å²) >= 11 is 0. The van der Waals surface area contributed by atoms with Gasteiger partial charge in [0, 0.05) is 7.11 Å². The largest absolute Gasteiger partial charge is 0.383 e. The number of rotatable bonds is 8. The molecule has 1 atom stereocenters. The van der Waals surface area contributed by atoms with Crippen LogP contribution in [-0.2, 0) is 22.5 Å². The van der Waals surface area contributed by atoms with Crippen LogP contribution in [0.5, 0.6) is 0 Å². The molecule has 0 N–H and O–H groups in total. The number of halogens is 1. The van der Waals surface area contributed by atoms with Crippen molar-refractivity contribution < 1.29 is 13.9 Å². The van der Waals surface area contributed by atoms with E-state index < -0.39 is 0 Å². The number of benzene rings is 3. The zero-order chi connectivity index (χ0) is 24.2. The predicted molar refractivity (Wildman–Crippen MR) is 135 cm³/mol. The van der Waals surface area contributed by atoms with Crippen LogP contribution >= 0.6 is 0 Å². The second-order valence-electron chi connectivity index (χ2n) is 8.49. The Morgan fingerprint density at radius 1 is 1.09 bits per heavy atom. The number of hydrogen-bond acceptors (Lipinski definition) is 3. The normalized spacial score (nSPS) is 12.1. The molecule has 6 heteroatoms. The zero-order valence-electron chi connectivity index (χ0n) is 20.1. The molecule has 0 bridgehead atoms. The van der Waals surface area contributed by atoms with Gasteiger partial charge >= 0.3 is 0 Å². The summed E-state index contributed by atoms with van der Waals surface area (Å²) in [6.07, 6.45) is 0.801. The van der Waals surface area contributed by atoms with E-state index >= 15 is 0 Å². The number of carbonyl (C=O) groups excluding carboxylic acids is 1. The number of fused-ring (bicyclic) bond motifs is 1. The molecule has 1 amide bonds. The molecule has 176 valence electrons. The maximum atomic E-state index is 14.8. The number of carbonyl (C=O) groups is 1. The van der Waals surface area contributed by atoms with E-state index in [1.165, 1.54) is 6.07 Å². The van der Waals surface area contributed by atoms with Gasteiger partial charge in [0.1, 0.15) is 18.2 Å². The van der Waals surface area contributed by atoms with Crippen LogP contribution in [0.1, 0.15) is 25.0 Å². The van der Waals surface area contributed by atoms with Crippen molar-refractivity contribution in [2.45, 2.75) is 39.8 Å². The second kappa shape index (κ2) is 10.2. The number of methoxy groups -OCH3 is 1. The van der Waals surface area contributed by atoms with Gasteiger partial charge in [-0.05, 0) is 55.7 Å². The van der Waals surface area contributed by atoms with Gasteiger partial charge in [0.25, 0.3) is 0 Å². The van der Waals surface area contributed by atoms with E-state index in [0.29, 0.717) is 18.0 Å². The molecule has 1 heterocycles. The number of ether oxygens (including phenoxy) is 1. The molecule has 0 aliphatic heterocycles. The van der Waals surface area contributed by atoms with E-state index in [1.54, 1.807) is 25.3 Å². The quantitative estimate of drug-likeness (QED) is 0.336. The summed E-state index contributed by atoms with van der Waals surface area (Å²) in [6.45, 7) is 6.51. The van der Waals surface area contributed by atoms with Crippen LogP contribution in [0.25, 0.3) is 22.4 Å². The van der Waals surface area contributed by atoms with E-state index in [-0.39, 0.29) is 24.3 Å². The van der Waals surface area contributed by atoms with Gasteiger partial charge in [-0.3, -0.25) is 4.79 Å². The van der Waals surface area contributed by atoms with Gasteiger partial charge < -0.3 is 14.2 Å². The third-order valence-corrected chi connectivity index (χ3v) is 6.12. The van der Waals surface area contributed by atoms with E-state index in [0.717, 1.165) is 34.3 Å². The van der Waals surface area contributed by atoms with Crippen molar-refractivity contribution in [3.8, 4) is 11.4 Å². The number of nitrogens with zero attached hydrogens (tertiary/aromatic N) is 3. The van der Waals surface area contributed by atoms with Gasteiger partial charge in [-0.1, -0.05) is 49.4 Å². The molecular formula is C28H30FN3O2. The first kappa shape index (κ1) is 23.6. The fourth-order valence-electron chi connectivity index (χ4n) is 4.55. The molecule has 1 aromatic heterocycles. The molecule has 0 spiro atoms. The Morgan fingerprint density at radius 3 is 2.56 bits per heavy atom. The van der Waals surface area contributed by atoms with Crippen LogP contribution < -0.4 is 4.90 Å². The first-order chi connectivity index (χ1) is 16.5. The molecule has 34 heavy (non-hydrogen) atoms. The number of aromatic nitrogens is 2. The highest BCUT2D eigenvalue weighted by atomic mass is 19.1. The Hall–Kier alpha value is -3.51. The van der Waals surface area contributed by atoms with Crippen molar-refractivity contribution in [2.24, 2.45) is 0 Å². The summed E-state index contributed by atoms with van der Waals surface area (Å²) in [7, 11) is 1.64. The van der Waals surface area contributed by atoms with Crippen molar-refractivity contribution in [3.63, 3.8) is 0 Å². The van der Waals surface area contributed by atoms with Crippen molar-refractivity contribution in [1.29, 1.82) is 0 Å².